The Morgan fingerprint density at radius 2 is 1.78 bits per heavy atom. The van der Waals surface area contributed by atoms with Crippen LogP contribution < -0.4 is 0 Å². The lowest BCUT2D eigenvalue weighted by Gasteiger charge is -2.19. The summed E-state index contributed by atoms with van der Waals surface area (Å²) < 4.78 is 4.96. The second-order valence-electron chi connectivity index (χ2n) is 6.75. The van der Waals surface area contributed by atoms with Gasteiger partial charge in [-0.2, -0.15) is 0 Å². The highest BCUT2D eigenvalue weighted by atomic mass is 16.5. The van der Waals surface area contributed by atoms with Gasteiger partial charge in [-0.3, -0.25) is 9.59 Å². The highest BCUT2D eigenvalue weighted by Gasteiger charge is 2.22. The first-order valence-electron chi connectivity index (χ1n) is 7.51. The molecule has 0 aliphatic carbocycles. The zero-order chi connectivity index (χ0) is 17.2. The van der Waals surface area contributed by atoms with Crippen molar-refractivity contribution in [1.82, 2.24) is 10.1 Å². The first-order chi connectivity index (χ1) is 10.7. The Kier molecular flexibility index (Phi) is 4.68. The van der Waals surface area contributed by atoms with Crippen molar-refractivity contribution < 1.29 is 14.1 Å². The number of amides is 1. The van der Waals surface area contributed by atoms with Gasteiger partial charge in [-0.15, -0.1) is 0 Å². The Morgan fingerprint density at radius 1 is 1.17 bits per heavy atom. The number of aromatic nitrogens is 1. The number of rotatable bonds is 4. The van der Waals surface area contributed by atoms with Crippen LogP contribution >= 0.6 is 0 Å². The number of aryl methyl sites for hydroxylation is 1. The summed E-state index contributed by atoms with van der Waals surface area (Å²) in [7, 11) is 1.58. The van der Waals surface area contributed by atoms with E-state index >= 15 is 0 Å². The predicted octanol–water partition coefficient (Wildman–Crippen LogP) is 3.12. The Morgan fingerprint density at radius 3 is 2.26 bits per heavy atom. The molecule has 1 amide bonds. The van der Waals surface area contributed by atoms with E-state index in [1.807, 2.05) is 12.1 Å². The van der Waals surface area contributed by atoms with E-state index in [0.29, 0.717) is 17.0 Å². The van der Waals surface area contributed by atoms with Gasteiger partial charge < -0.3 is 9.42 Å². The van der Waals surface area contributed by atoms with Crippen molar-refractivity contribution in [2.24, 2.45) is 0 Å². The molecule has 0 atom stereocenters. The summed E-state index contributed by atoms with van der Waals surface area (Å²) in [5.74, 6) is -0.410. The molecule has 0 saturated heterocycles. The van der Waals surface area contributed by atoms with E-state index in [4.69, 9.17) is 4.52 Å². The smallest absolute Gasteiger partial charge is 0.295 e. The van der Waals surface area contributed by atoms with E-state index in [1.165, 1.54) is 4.90 Å². The van der Waals surface area contributed by atoms with E-state index < -0.39 is 11.7 Å². The maximum atomic E-state index is 12.3. The Balaban J connectivity index is 2.08. The largest absolute Gasteiger partial charge is 0.361 e. The first kappa shape index (κ1) is 16.9. The van der Waals surface area contributed by atoms with Gasteiger partial charge in [0.05, 0.1) is 6.54 Å². The third-order valence-electron chi connectivity index (χ3n) is 3.63. The molecule has 0 fully saturated rings. The van der Waals surface area contributed by atoms with E-state index in [2.05, 4.69) is 25.9 Å². The monoisotopic (exact) mass is 314 g/mol. The molecule has 0 N–H and O–H groups in total. The van der Waals surface area contributed by atoms with E-state index in [0.717, 1.165) is 5.56 Å². The van der Waals surface area contributed by atoms with Crippen molar-refractivity contribution in [1.29, 1.82) is 0 Å². The SMILES string of the molecule is Cc1cc(CN(C)C(=O)C(=O)c2ccc(C(C)(C)C)cc2)no1. The Hall–Kier alpha value is -2.43. The van der Waals surface area contributed by atoms with Gasteiger partial charge in [-0.05, 0) is 17.9 Å². The summed E-state index contributed by atoms with van der Waals surface area (Å²) in [6, 6.07) is 8.93. The van der Waals surface area contributed by atoms with Gasteiger partial charge >= 0.3 is 0 Å². The molecule has 1 heterocycles. The van der Waals surface area contributed by atoms with Gasteiger partial charge in [0.15, 0.2) is 0 Å². The molecule has 2 aromatic rings. The predicted molar refractivity (Wildman–Crippen MR) is 87.2 cm³/mol. The number of benzene rings is 1. The molecule has 122 valence electrons. The van der Waals surface area contributed by atoms with Crippen LogP contribution in [0, 0.1) is 6.92 Å². The van der Waals surface area contributed by atoms with Crippen molar-refractivity contribution >= 4 is 11.7 Å². The third kappa shape index (κ3) is 4.06. The van der Waals surface area contributed by atoms with Gasteiger partial charge in [0.1, 0.15) is 11.5 Å². The molecule has 0 saturated carbocycles. The zero-order valence-electron chi connectivity index (χ0n) is 14.2. The van der Waals surface area contributed by atoms with Crippen molar-refractivity contribution in [2.45, 2.75) is 39.7 Å². The summed E-state index contributed by atoms with van der Waals surface area (Å²) >= 11 is 0. The summed E-state index contributed by atoms with van der Waals surface area (Å²) in [6.45, 7) is 8.32. The number of hydrogen-bond acceptors (Lipinski definition) is 4. The molecule has 0 aliphatic rings. The molecule has 1 aromatic carbocycles. The van der Waals surface area contributed by atoms with Crippen molar-refractivity contribution in [3.63, 3.8) is 0 Å². The quantitative estimate of drug-likeness (QED) is 0.642. The van der Waals surface area contributed by atoms with Crippen molar-refractivity contribution in [3.05, 3.63) is 52.9 Å². The van der Waals surface area contributed by atoms with Gasteiger partial charge in [0.25, 0.3) is 5.91 Å². The number of nitrogens with zero attached hydrogens (tertiary/aromatic N) is 2. The number of carbonyl (C=O) groups is 2. The Labute approximate surface area is 136 Å². The summed E-state index contributed by atoms with van der Waals surface area (Å²) in [5, 5.41) is 3.83. The standard InChI is InChI=1S/C18H22N2O3/c1-12-10-15(19-23-12)11-20(5)17(22)16(21)13-6-8-14(9-7-13)18(2,3)4/h6-10H,11H2,1-5H3. The fourth-order valence-electron chi connectivity index (χ4n) is 2.23. The van der Waals surface area contributed by atoms with E-state index in [1.54, 1.807) is 32.2 Å². The van der Waals surface area contributed by atoms with Crippen LogP contribution in [-0.2, 0) is 16.8 Å². The number of likely N-dealkylation sites (N-methyl/N-ethyl adjacent to an activating group) is 1. The van der Waals surface area contributed by atoms with Crippen molar-refractivity contribution in [2.75, 3.05) is 7.05 Å². The molecule has 1 aromatic heterocycles. The van der Waals surface area contributed by atoms with Crippen LogP contribution in [0.1, 0.15) is 48.1 Å². The van der Waals surface area contributed by atoms with Crippen LogP contribution in [0.15, 0.2) is 34.9 Å². The summed E-state index contributed by atoms with van der Waals surface area (Å²) in [6.07, 6.45) is 0. The maximum absolute atomic E-state index is 12.3. The van der Waals surface area contributed by atoms with Gasteiger partial charge in [-0.1, -0.05) is 50.2 Å². The minimum absolute atomic E-state index is 0.00713. The number of carbonyl (C=O) groups excluding carboxylic acids is 2. The number of hydrogen-bond donors (Lipinski definition) is 0. The van der Waals surface area contributed by atoms with Gasteiger partial charge in [-0.25, -0.2) is 0 Å². The average molecular weight is 314 g/mol. The molecule has 0 radical (unpaired) electrons. The van der Waals surface area contributed by atoms with Crippen LogP contribution in [0.5, 0.6) is 0 Å². The van der Waals surface area contributed by atoms with Crippen LogP contribution in [0.4, 0.5) is 0 Å². The minimum atomic E-state index is -0.561. The molecule has 0 spiro atoms. The van der Waals surface area contributed by atoms with Crippen LogP contribution in [-0.4, -0.2) is 28.8 Å². The summed E-state index contributed by atoms with van der Waals surface area (Å²) in [5.41, 5.74) is 2.14. The first-order valence-corrected chi connectivity index (χ1v) is 7.51. The fourth-order valence-corrected chi connectivity index (χ4v) is 2.23. The molecule has 0 bridgehead atoms. The lowest BCUT2D eigenvalue weighted by Crippen LogP contribution is -2.33. The zero-order valence-corrected chi connectivity index (χ0v) is 14.2. The lowest BCUT2D eigenvalue weighted by atomic mass is 9.86. The van der Waals surface area contributed by atoms with Crippen LogP contribution in [0.2, 0.25) is 0 Å². The molecular weight excluding hydrogens is 292 g/mol. The van der Waals surface area contributed by atoms with Gasteiger partial charge in [0, 0.05) is 18.7 Å². The normalized spacial score (nSPS) is 11.3. The van der Waals surface area contributed by atoms with E-state index in [9.17, 15) is 9.59 Å². The molecule has 23 heavy (non-hydrogen) atoms. The fraction of sp³-hybridized carbons (Fsp3) is 0.389. The average Bonchev–Trinajstić information content (AvgIpc) is 2.90. The second-order valence-corrected chi connectivity index (χ2v) is 6.75. The number of Topliss-reactive ketones (excluding diaryl/α,β-unsaturated/α-hetero) is 1. The lowest BCUT2D eigenvalue weighted by molar-refractivity contribution is -0.125. The molecule has 0 unspecified atom stereocenters. The van der Waals surface area contributed by atoms with Crippen LogP contribution in [0.25, 0.3) is 0 Å². The Bertz CT molecular complexity index is 709. The third-order valence-corrected chi connectivity index (χ3v) is 3.63. The molecule has 0 aliphatic heterocycles. The molecular formula is C18H22N2O3. The van der Waals surface area contributed by atoms with E-state index in [-0.39, 0.29) is 12.0 Å². The minimum Gasteiger partial charge on any atom is -0.361 e. The highest BCUT2D eigenvalue weighted by Crippen LogP contribution is 2.22. The highest BCUT2D eigenvalue weighted by molar-refractivity contribution is 6.42. The van der Waals surface area contributed by atoms with Crippen LogP contribution in [0.3, 0.4) is 0 Å². The summed E-state index contributed by atoms with van der Waals surface area (Å²) in [4.78, 5) is 25.9. The topological polar surface area (TPSA) is 63.4 Å². The van der Waals surface area contributed by atoms with Gasteiger partial charge in [0.2, 0.25) is 5.78 Å². The number of ketones is 1. The van der Waals surface area contributed by atoms with Crippen molar-refractivity contribution in [3.8, 4) is 0 Å². The molecule has 5 heteroatoms. The molecule has 2 rings (SSSR count). The maximum Gasteiger partial charge on any atom is 0.295 e. The molecule has 5 nitrogen and oxygen atoms in total. The second kappa shape index (κ2) is 6.36.